The van der Waals surface area contributed by atoms with Gasteiger partial charge in [0.15, 0.2) is 23.1 Å². The smallest absolute Gasteiger partial charge is 0.289 e. The highest BCUT2D eigenvalue weighted by Crippen LogP contribution is 2.31. The summed E-state index contributed by atoms with van der Waals surface area (Å²) in [6, 6.07) is 12.7. The Kier molecular flexibility index (Phi) is 9.15. The Balaban J connectivity index is 1.23. The number of fused-ring (bicyclic) bond motifs is 2. The summed E-state index contributed by atoms with van der Waals surface area (Å²) in [6.07, 6.45) is 4.18. The number of aromatic nitrogens is 3. The lowest BCUT2D eigenvalue weighted by Gasteiger charge is -2.35. The lowest BCUT2D eigenvalue weighted by atomic mass is 9.81. The molecule has 1 aliphatic heterocycles. The Labute approximate surface area is 269 Å². The molecular formula is C31H33N7O8S. The number of nitrogens with zero attached hydrogens (tertiary/aromatic N) is 4. The Morgan fingerprint density at radius 2 is 1.91 bits per heavy atom. The van der Waals surface area contributed by atoms with Crippen molar-refractivity contribution in [2.75, 3.05) is 19.0 Å². The summed E-state index contributed by atoms with van der Waals surface area (Å²) in [4.78, 5) is 44.2. The number of pyridine rings is 3. The predicted octanol–water partition coefficient (Wildman–Crippen LogP) is 2.73. The van der Waals surface area contributed by atoms with Crippen LogP contribution in [0, 0.1) is 16.0 Å². The molecule has 0 radical (unpaired) electrons. The molecule has 4 aromatic rings. The number of hydrogen-bond donors (Lipinski definition) is 3. The third-order valence-corrected chi connectivity index (χ3v) is 10.1. The fourth-order valence-corrected chi connectivity index (χ4v) is 7.57. The number of carbonyl (C=O) groups excluding carboxylic acids is 1. The third-order valence-electron chi connectivity index (χ3n) is 8.53. The van der Waals surface area contributed by atoms with Gasteiger partial charge in [-0.15, -0.1) is 0 Å². The van der Waals surface area contributed by atoms with E-state index in [1.54, 1.807) is 18.2 Å². The fourth-order valence-electron chi connectivity index (χ4n) is 6.10. The standard InChI is InChI=1S/C31H33N7O8S/c1-45-22-14-26-23(33-16-22)11-13-30(40)37(26)17-24(36-47(43,44)28-5-3-2-4-25(28)38(41)42)19-6-8-20(9-7-19)32-15-21-10-12-27-31(34-21)35-29(39)18-46-27/h2-5,10-14,16,19-20,24,32,36H,6-9,15,17-18H2,1H3,(H,34,35,39)/t19-,20-,24?. The molecule has 2 aliphatic rings. The van der Waals surface area contributed by atoms with Gasteiger partial charge in [0.2, 0.25) is 10.0 Å². The van der Waals surface area contributed by atoms with Crippen LogP contribution in [0.5, 0.6) is 11.5 Å². The SMILES string of the molecule is COc1cnc2ccc(=O)n(CC(NS(=O)(=O)c3ccccc3[N+](=O)[O-])[C@H]3CC[C@H](NCc4ccc5c(n4)NC(=O)CO5)CC3)c2c1. The number of rotatable bonds is 11. The number of methoxy groups -OCH3 is 1. The topological polar surface area (TPSA) is 197 Å². The molecule has 1 aromatic carbocycles. The molecule has 1 amide bonds. The summed E-state index contributed by atoms with van der Waals surface area (Å²) in [6.45, 7) is 0.377. The molecule has 3 aromatic heterocycles. The summed E-state index contributed by atoms with van der Waals surface area (Å²) >= 11 is 0. The number of nitrogens with one attached hydrogen (secondary N) is 3. The normalized spacial score (nSPS) is 18.5. The van der Waals surface area contributed by atoms with Gasteiger partial charge in [-0.3, -0.25) is 24.7 Å². The average molecular weight is 664 g/mol. The van der Waals surface area contributed by atoms with E-state index in [2.05, 4.69) is 25.3 Å². The van der Waals surface area contributed by atoms with Gasteiger partial charge in [0, 0.05) is 43.4 Å². The van der Waals surface area contributed by atoms with Crippen molar-refractivity contribution in [3.8, 4) is 11.5 Å². The quantitative estimate of drug-likeness (QED) is 0.158. The minimum Gasteiger partial charge on any atom is -0.495 e. The number of ether oxygens (including phenoxy) is 2. The molecule has 4 heterocycles. The van der Waals surface area contributed by atoms with Gasteiger partial charge in [-0.25, -0.2) is 18.1 Å². The van der Waals surface area contributed by atoms with Crippen molar-refractivity contribution in [1.29, 1.82) is 0 Å². The van der Waals surface area contributed by atoms with Gasteiger partial charge in [-0.05, 0) is 55.9 Å². The van der Waals surface area contributed by atoms with E-state index in [9.17, 15) is 28.1 Å². The van der Waals surface area contributed by atoms with E-state index in [4.69, 9.17) is 9.47 Å². The van der Waals surface area contributed by atoms with Crippen LogP contribution in [-0.2, 0) is 27.9 Å². The molecule has 1 unspecified atom stereocenters. The fraction of sp³-hybridized carbons (Fsp3) is 0.355. The van der Waals surface area contributed by atoms with Crippen molar-refractivity contribution in [3.63, 3.8) is 0 Å². The molecule has 0 spiro atoms. The van der Waals surface area contributed by atoms with Crippen LogP contribution in [0.3, 0.4) is 0 Å². The van der Waals surface area contributed by atoms with Crippen molar-refractivity contribution in [2.24, 2.45) is 5.92 Å². The Bertz CT molecular complexity index is 1990. The number of nitro groups is 1. The largest absolute Gasteiger partial charge is 0.495 e. The van der Waals surface area contributed by atoms with E-state index >= 15 is 0 Å². The lowest BCUT2D eigenvalue weighted by Crippen LogP contribution is -2.47. The van der Waals surface area contributed by atoms with E-state index < -0.39 is 31.6 Å². The number of carbonyl (C=O) groups is 1. The Morgan fingerprint density at radius 1 is 1.13 bits per heavy atom. The van der Waals surface area contributed by atoms with E-state index in [1.807, 2.05) is 6.07 Å². The van der Waals surface area contributed by atoms with Crippen molar-refractivity contribution >= 4 is 38.5 Å². The number of para-hydroxylation sites is 1. The average Bonchev–Trinajstić information content (AvgIpc) is 3.07. The first kappa shape index (κ1) is 32.0. The summed E-state index contributed by atoms with van der Waals surface area (Å²) < 4.78 is 42.3. The molecule has 1 fully saturated rings. The van der Waals surface area contributed by atoms with Crippen LogP contribution in [0.4, 0.5) is 11.5 Å². The maximum absolute atomic E-state index is 13.7. The number of amides is 1. The highest BCUT2D eigenvalue weighted by molar-refractivity contribution is 7.89. The molecular weight excluding hydrogens is 630 g/mol. The molecule has 6 rings (SSSR count). The number of sulfonamides is 1. The Morgan fingerprint density at radius 3 is 2.68 bits per heavy atom. The molecule has 1 saturated carbocycles. The molecule has 15 nitrogen and oxygen atoms in total. The second kappa shape index (κ2) is 13.4. The van der Waals surface area contributed by atoms with E-state index in [0.29, 0.717) is 60.6 Å². The van der Waals surface area contributed by atoms with Crippen LogP contribution in [0.2, 0.25) is 0 Å². The Hall–Kier alpha value is -4.93. The number of anilines is 1. The first-order chi connectivity index (χ1) is 22.6. The van der Waals surface area contributed by atoms with Gasteiger partial charge in [0.25, 0.3) is 17.2 Å². The van der Waals surface area contributed by atoms with Gasteiger partial charge < -0.3 is 24.7 Å². The second-order valence-electron chi connectivity index (χ2n) is 11.5. The molecule has 0 saturated heterocycles. The lowest BCUT2D eigenvalue weighted by molar-refractivity contribution is -0.387. The van der Waals surface area contributed by atoms with Crippen LogP contribution in [0.15, 0.2) is 70.5 Å². The highest BCUT2D eigenvalue weighted by Gasteiger charge is 2.34. The zero-order chi connectivity index (χ0) is 33.1. The van der Waals surface area contributed by atoms with Crippen molar-refractivity contribution < 1.29 is 27.6 Å². The minimum absolute atomic E-state index is 0.0273. The molecule has 47 heavy (non-hydrogen) atoms. The maximum Gasteiger partial charge on any atom is 0.289 e. The van der Waals surface area contributed by atoms with E-state index in [0.717, 1.165) is 11.8 Å². The monoisotopic (exact) mass is 663 g/mol. The van der Waals surface area contributed by atoms with Crippen LogP contribution in [-0.4, -0.2) is 59.6 Å². The molecule has 1 atom stereocenters. The van der Waals surface area contributed by atoms with E-state index in [1.165, 1.54) is 42.1 Å². The van der Waals surface area contributed by atoms with E-state index in [-0.39, 0.29) is 36.6 Å². The number of hydrogen-bond acceptors (Lipinski definition) is 11. The van der Waals surface area contributed by atoms with Gasteiger partial charge in [-0.2, -0.15) is 0 Å². The van der Waals surface area contributed by atoms with Crippen molar-refractivity contribution in [2.45, 2.75) is 55.8 Å². The first-order valence-corrected chi connectivity index (χ1v) is 16.5. The van der Waals surface area contributed by atoms with Crippen molar-refractivity contribution in [1.82, 2.24) is 24.6 Å². The highest BCUT2D eigenvalue weighted by atomic mass is 32.2. The number of benzene rings is 1. The van der Waals surface area contributed by atoms with Crippen LogP contribution < -0.4 is 30.4 Å². The zero-order valence-electron chi connectivity index (χ0n) is 25.4. The van der Waals surface area contributed by atoms with Gasteiger partial charge in [0.05, 0.1) is 35.0 Å². The molecule has 16 heteroatoms. The van der Waals surface area contributed by atoms with Crippen molar-refractivity contribution in [3.05, 3.63) is 87.0 Å². The molecule has 246 valence electrons. The summed E-state index contributed by atoms with van der Waals surface area (Å²) in [5.41, 5.74) is 0.842. The number of nitro benzene ring substituents is 1. The second-order valence-corrected chi connectivity index (χ2v) is 13.2. The van der Waals surface area contributed by atoms with Crippen LogP contribution in [0.1, 0.15) is 31.4 Å². The minimum atomic E-state index is -4.37. The zero-order valence-corrected chi connectivity index (χ0v) is 26.2. The van der Waals surface area contributed by atoms with Crippen LogP contribution >= 0.6 is 0 Å². The predicted molar refractivity (Wildman–Crippen MR) is 171 cm³/mol. The summed E-state index contributed by atoms with van der Waals surface area (Å²) in [7, 11) is -2.88. The first-order valence-electron chi connectivity index (χ1n) is 15.1. The molecule has 1 aliphatic carbocycles. The van der Waals surface area contributed by atoms with Gasteiger partial charge in [-0.1, -0.05) is 12.1 Å². The van der Waals surface area contributed by atoms with Gasteiger partial charge in [0.1, 0.15) is 5.75 Å². The molecule has 3 N–H and O–H groups in total. The summed E-state index contributed by atoms with van der Waals surface area (Å²) in [5.74, 6) is 0.878. The van der Waals surface area contributed by atoms with Crippen LogP contribution in [0.25, 0.3) is 11.0 Å². The summed E-state index contributed by atoms with van der Waals surface area (Å²) in [5, 5.41) is 17.9. The maximum atomic E-state index is 13.7. The van der Waals surface area contributed by atoms with Gasteiger partial charge >= 0.3 is 0 Å². The third kappa shape index (κ3) is 7.08. The molecule has 0 bridgehead atoms.